The fraction of sp³-hybridized carbons (Fsp3) is 0.900. The van der Waals surface area contributed by atoms with E-state index in [2.05, 4.69) is 39.6 Å². The number of likely N-dealkylation sites (tertiary alicyclic amines) is 1. The molecule has 1 unspecified atom stereocenters. The molecule has 0 aromatic heterocycles. The van der Waals surface area contributed by atoms with Crippen molar-refractivity contribution in [2.75, 3.05) is 7.05 Å². The molecule has 0 bridgehead atoms. The quantitative estimate of drug-likeness (QED) is 0.484. The van der Waals surface area contributed by atoms with Crippen LogP contribution in [0.2, 0.25) is 0 Å². The standard InChI is InChI=1S/C10H20N/c1-9(2)7-6-8-10(3,4)11(9)5/h1,6-8H2,2-5H3/q+1. The van der Waals surface area contributed by atoms with Gasteiger partial charge in [-0.1, -0.05) is 0 Å². The highest BCUT2D eigenvalue weighted by Gasteiger charge is 2.43. The molecule has 0 amide bonds. The van der Waals surface area contributed by atoms with E-state index >= 15 is 0 Å². The third kappa shape index (κ3) is 1.53. The minimum Gasteiger partial charge on any atom is -0.259 e. The van der Waals surface area contributed by atoms with Crippen molar-refractivity contribution in [1.82, 2.24) is 4.90 Å². The molecule has 1 aliphatic heterocycles. The molecule has 1 aliphatic rings. The zero-order valence-electron chi connectivity index (χ0n) is 8.28. The van der Waals surface area contributed by atoms with Crippen LogP contribution >= 0.6 is 0 Å². The van der Waals surface area contributed by atoms with Gasteiger partial charge in [-0.05, 0) is 40.7 Å². The number of hydrogen-bond donors (Lipinski definition) is 0. The van der Waals surface area contributed by atoms with E-state index in [0.717, 1.165) is 0 Å². The second-order valence-corrected chi connectivity index (χ2v) is 4.72. The Bertz CT molecular complexity index is 131. The van der Waals surface area contributed by atoms with Gasteiger partial charge in [0.2, 0.25) is 0 Å². The Morgan fingerprint density at radius 1 is 1.18 bits per heavy atom. The van der Waals surface area contributed by atoms with Crippen LogP contribution in [0.15, 0.2) is 0 Å². The summed E-state index contributed by atoms with van der Waals surface area (Å²) in [6.07, 6.45) is 3.85. The molecule has 0 radical (unpaired) electrons. The van der Waals surface area contributed by atoms with Crippen molar-refractivity contribution in [3.8, 4) is 0 Å². The molecule has 1 rings (SSSR count). The van der Waals surface area contributed by atoms with Gasteiger partial charge in [0.05, 0.1) is 6.92 Å². The second-order valence-electron chi connectivity index (χ2n) is 4.72. The molecule has 11 heavy (non-hydrogen) atoms. The maximum absolute atomic E-state index is 4.23. The molecular weight excluding hydrogens is 134 g/mol. The first-order valence-corrected chi connectivity index (χ1v) is 4.46. The van der Waals surface area contributed by atoms with Crippen LogP contribution in [0.1, 0.15) is 40.0 Å². The molecule has 1 saturated heterocycles. The fourth-order valence-electron chi connectivity index (χ4n) is 1.97. The highest BCUT2D eigenvalue weighted by atomic mass is 15.2. The first-order valence-electron chi connectivity index (χ1n) is 4.46. The largest absolute Gasteiger partial charge is 0.259 e. The van der Waals surface area contributed by atoms with Crippen molar-refractivity contribution >= 4 is 0 Å². The lowest BCUT2D eigenvalue weighted by Gasteiger charge is -2.46. The van der Waals surface area contributed by atoms with Crippen molar-refractivity contribution in [3.63, 3.8) is 0 Å². The van der Waals surface area contributed by atoms with Crippen molar-refractivity contribution in [2.24, 2.45) is 0 Å². The van der Waals surface area contributed by atoms with E-state index < -0.39 is 0 Å². The summed E-state index contributed by atoms with van der Waals surface area (Å²) in [5.41, 5.74) is 0.497. The average molecular weight is 154 g/mol. The van der Waals surface area contributed by atoms with Gasteiger partial charge in [-0.15, -0.1) is 0 Å². The summed E-state index contributed by atoms with van der Waals surface area (Å²) in [6.45, 7) is 11.1. The van der Waals surface area contributed by atoms with E-state index in [1.165, 1.54) is 19.3 Å². The highest BCUT2D eigenvalue weighted by Crippen LogP contribution is 2.35. The number of piperidine rings is 1. The van der Waals surface area contributed by atoms with Gasteiger partial charge in [-0.3, -0.25) is 4.90 Å². The predicted molar refractivity (Wildman–Crippen MR) is 49.5 cm³/mol. The van der Waals surface area contributed by atoms with Gasteiger partial charge in [0, 0.05) is 12.0 Å². The van der Waals surface area contributed by atoms with Gasteiger partial charge in [-0.2, -0.15) is 0 Å². The minimum absolute atomic E-state index is 0.155. The molecule has 0 saturated carbocycles. The van der Waals surface area contributed by atoms with Crippen LogP contribution in [0, 0.1) is 6.92 Å². The van der Waals surface area contributed by atoms with Crippen LogP contribution in [-0.4, -0.2) is 23.0 Å². The third-order valence-corrected chi connectivity index (χ3v) is 3.22. The van der Waals surface area contributed by atoms with Crippen LogP contribution in [-0.2, 0) is 0 Å². The van der Waals surface area contributed by atoms with Crippen LogP contribution < -0.4 is 0 Å². The maximum atomic E-state index is 4.23. The van der Waals surface area contributed by atoms with E-state index in [1.807, 2.05) is 0 Å². The topological polar surface area (TPSA) is 3.24 Å². The predicted octanol–water partition coefficient (Wildman–Crippen LogP) is 2.47. The Kier molecular flexibility index (Phi) is 1.96. The first kappa shape index (κ1) is 8.92. The van der Waals surface area contributed by atoms with Gasteiger partial charge in [-0.25, -0.2) is 0 Å². The summed E-state index contributed by atoms with van der Waals surface area (Å²) in [4.78, 5) is 2.41. The third-order valence-electron chi connectivity index (χ3n) is 3.22. The Hall–Kier alpha value is -0.170. The second kappa shape index (κ2) is 2.41. The lowest BCUT2D eigenvalue weighted by atomic mass is 9.80. The zero-order valence-corrected chi connectivity index (χ0v) is 8.28. The van der Waals surface area contributed by atoms with Crippen LogP contribution in [0.4, 0.5) is 0 Å². The Morgan fingerprint density at radius 2 is 1.73 bits per heavy atom. The average Bonchev–Trinajstić information content (AvgIpc) is 1.82. The molecule has 1 fully saturated rings. The Balaban J connectivity index is 2.76. The number of nitrogens with zero attached hydrogens (tertiary/aromatic N) is 1. The highest BCUT2D eigenvalue weighted by molar-refractivity contribution is 4.98. The molecular formula is C10H20N+. The fourth-order valence-corrected chi connectivity index (χ4v) is 1.97. The Labute approximate surface area is 70.8 Å². The summed E-state index contributed by atoms with van der Waals surface area (Å²) in [7, 11) is 2.19. The molecule has 0 aromatic rings. The maximum Gasteiger partial charge on any atom is 0.156 e. The number of hydrogen-bond acceptors (Lipinski definition) is 1. The Morgan fingerprint density at radius 3 is 2.09 bits per heavy atom. The molecule has 1 nitrogen and oxygen atoms in total. The normalized spacial score (nSPS) is 38.9. The molecule has 1 atom stereocenters. The monoisotopic (exact) mass is 154 g/mol. The number of rotatable bonds is 0. The zero-order chi connectivity index (χ0) is 8.70. The van der Waals surface area contributed by atoms with E-state index in [9.17, 15) is 0 Å². The van der Waals surface area contributed by atoms with Gasteiger partial charge in [0.1, 0.15) is 0 Å². The van der Waals surface area contributed by atoms with E-state index in [0.29, 0.717) is 5.54 Å². The summed E-state index contributed by atoms with van der Waals surface area (Å²) in [6, 6.07) is 0. The molecule has 64 valence electrons. The molecule has 1 heteroatoms. The lowest BCUT2D eigenvalue weighted by Crippen LogP contribution is -2.56. The van der Waals surface area contributed by atoms with Crippen LogP contribution in [0.25, 0.3) is 0 Å². The molecule has 0 aliphatic carbocycles. The minimum atomic E-state index is 0.155. The van der Waals surface area contributed by atoms with Crippen molar-refractivity contribution in [2.45, 2.75) is 51.1 Å². The van der Waals surface area contributed by atoms with Crippen LogP contribution in [0.3, 0.4) is 0 Å². The molecule has 1 heterocycles. The lowest BCUT2D eigenvalue weighted by molar-refractivity contribution is 0.0138. The summed E-state index contributed by atoms with van der Waals surface area (Å²) < 4.78 is 0. The van der Waals surface area contributed by atoms with Crippen molar-refractivity contribution < 1.29 is 0 Å². The first-order chi connectivity index (χ1) is 4.86. The van der Waals surface area contributed by atoms with Gasteiger partial charge >= 0.3 is 0 Å². The summed E-state index contributed by atoms with van der Waals surface area (Å²) in [5, 5.41) is 0. The smallest absolute Gasteiger partial charge is 0.156 e. The summed E-state index contributed by atoms with van der Waals surface area (Å²) in [5.74, 6) is 0. The summed E-state index contributed by atoms with van der Waals surface area (Å²) >= 11 is 0. The van der Waals surface area contributed by atoms with E-state index in [-0.39, 0.29) is 5.54 Å². The SMILES string of the molecule is [CH2+]C1(C)CCCC(C)(C)N1C. The van der Waals surface area contributed by atoms with Gasteiger partial charge in [0.25, 0.3) is 0 Å². The molecule has 0 aromatic carbocycles. The molecule has 0 N–H and O–H groups in total. The van der Waals surface area contributed by atoms with E-state index in [1.54, 1.807) is 0 Å². The van der Waals surface area contributed by atoms with Crippen LogP contribution in [0.5, 0.6) is 0 Å². The van der Waals surface area contributed by atoms with Gasteiger partial charge in [0.15, 0.2) is 5.54 Å². The molecule has 0 spiro atoms. The van der Waals surface area contributed by atoms with Gasteiger partial charge < -0.3 is 0 Å². The van der Waals surface area contributed by atoms with E-state index in [4.69, 9.17) is 0 Å². The van der Waals surface area contributed by atoms with Crippen molar-refractivity contribution in [3.05, 3.63) is 6.92 Å². The van der Waals surface area contributed by atoms with Crippen molar-refractivity contribution in [1.29, 1.82) is 0 Å².